The van der Waals surface area contributed by atoms with Crippen LogP contribution in [-0.2, 0) is 0 Å². The minimum atomic E-state index is 0.461. The van der Waals surface area contributed by atoms with Gasteiger partial charge in [0.2, 0.25) is 0 Å². The van der Waals surface area contributed by atoms with Gasteiger partial charge in [-0.05, 0) is 30.3 Å². The Morgan fingerprint density at radius 3 is 2.57 bits per heavy atom. The number of para-hydroxylation sites is 1. The molecule has 0 saturated carbocycles. The van der Waals surface area contributed by atoms with Crippen molar-refractivity contribution in [2.45, 2.75) is 0 Å². The average molecular weight is 314 g/mol. The summed E-state index contributed by atoms with van der Waals surface area (Å²) in [7, 11) is 0. The molecule has 0 fully saturated rings. The van der Waals surface area contributed by atoms with Gasteiger partial charge in [-0.1, -0.05) is 41.4 Å². The van der Waals surface area contributed by atoms with E-state index in [0.717, 1.165) is 16.6 Å². The molecule has 0 aliphatic heterocycles. The minimum Gasteiger partial charge on any atom is -0.340 e. The number of anilines is 2. The van der Waals surface area contributed by atoms with Crippen molar-refractivity contribution in [3.63, 3.8) is 0 Å². The number of aromatic nitrogens is 1. The van der Waals surface area contributed by atoms with Crippen molar-refractivity contribution in [3.05, 3.63) is 64.1 Å². The van der Waals surface area contributed by atoms with Gasteiger partial charge in [0.05, 0.1) is 27.2 Å². The highest BCUT2D eigenvalue weighted by Gasteiger charge is 2.06. The van der Waals surface area contributed by atoms with E-state index in [4.69, 9.17) is 23.2 Å². The SMILES string of the molecule is N#Cc1cc(Nc2ccc(Cl)c(Cl)c2)nc2ccccc12. The van der Waals surface area contributed by atoms with Crippen LogP contribution in [-0.4, -0.2) is 4.98 Å². The lowest BCUT2D eigenvalue weighted by molar-refractivity contribution is 1.36. The van der Waals surface area contributed by atoms with E-state index in [2.05, 4.69) is 16.4 Å². The predicted molar refractivity (Wildman–Crippen MR) is 86.2 cm³/mol. The number of rotatable bonds is 2. The summed E-state index contributed by atoms with van der Waals surface area (Å²) in [6.07, 6.45) is 0. The first kappa shape index (κ1) is 13.7. The molecule has 0 bridgehead atoms. The smallest absolute Gasteiger partial charge is 0.132 e. The molecule has 21 heavy (non-hydrogen) atoms. The van der Waals surface area contributed by atoms with Crippen LogP contribution in [0.4, 0.5) is 11.5 Å². The molecule has 3 aromatic rings. The molecule has 0 spiro atoms. The summed E-state index contributed by atoms with van der Waals surface area (Å²) in [5.41, 5.74) is 2.10. The number of hydrogen-bond acceptors (Lipinski definition) is 3. The van der Waals surface area contributed by atoms with Gasteiger partial charge in [0.15, 0.2) is 0 Å². The molecule has 0 aliphatic carbocycles. The van der Waals surface area contributed by atoms with E-state index < -0.39 is 0 Å². The van der Waals surface area contributed by atoms with Crippen molar-refractivity contribution in [3.8, 4) is 6.07 Å². The van der Waals surface area contributed by atoms with E-state index in [0.29, 0.717) is 21.4 Å². The Kier molecular flexibility index (Phi) is 3.66. The number of fused-ring (bicyclic) bond motifs is 1. The van der Waals surface area contributed by atoms with Gasteiger partial charge in [-0.2, -0.15) is 5.26 Å². The summed E-state index contributed by atoms with van der Waals surface area (Å²) in [6, 6.07) is 16.7. The molecule has 1 heterocycles. The van der Waals surface area contributed by atoms with Crippen LogP contribution < -0.4 is 5.32 Å². The Morgan fingerprint density at radius 2 is 1.81 bits per heavy atom. The highest BCUT2D eigenvalue weighted by Crippen LogP contribution is 2.27. The molecule has 3 rings (SSSR count). The molecule has 2 aromatic carbocycles. The van der Waals surface area contributed by atoms with Crippen molar-refractivity contribution in [2.75, 3.05) is 5.32 Å². The zero-order valence-electron chi connectivity index (χ0n) is 10.8. The van der Waals surface area contributed by atoms with Crippen molar-refractivity contribution in [2.24, 2.45) is 0 Å². The Balaban J connectivity index is 2.04. The fourth-order valence-electron chi connectivity index (χ4n) is 2.05. The second kappa shape index (κ2) is 5.61. The number of pyridine rings is 1. The van der Waals surface area contributed by atoms with Gasteiger partial charge in [0, 0.05) is 11.1 Å². The largest absolute Gasteiger partial charge is 0.340 e. The van der Waals surface area contributed by atoms with Crippen LogP contribution in [0.15, 0.2) is 48.5 Å². The van der Waals surface area contributed by atoms with E-state index >= 15 is 0 Å². The van der Waals surface area contributed by atoms with Gasteiger partial charge < -0.3 is 5.32 Å². The topological polar surface area (TPSA) is 48.7 Å². The summed E-state index contributed by atoms with van der Waals surface area (Å²) in [5, 5.41) is 14.2. The molecule has 0 aliphatic rings. The minimum absolute atomic E-state index is 0.461. The third-order valence-electron chi connectivity index (χ3n) is 3.03. The average Bonchev–Trinajstić information content (AvgIpc) is 2.50. The number of nitriles is 1. The van der Waals surface area contributed by atoms with Crippen LogP contribution >= 0.6 is 23.2 Å². The molecular weight excluding hydrogens is 305 g/mol. The normalized spacial score (nSPS) is 10.3. The zero-order chi connectivity index (χ0) is 14.8. The van der Waals surface area contributed by atoms with Gasteiger partial charge in [-0.15, -0.1) is 0 Å². The number of hydrogen-bond donors (Lipinski definition) is 1. The third kappa shape index (κ3) is 2.78. The molecule has 0 radical (unpaired) electrons. The van der Waals surface area contributed by atoms with Crippen molar-refractivity contribution in [1.29, 1.82) is 5.26 Å². The van der Waals surface area contributed by atoms with E-state index in [1.54, 1.807) is 24.3 Å². The highest BCUT2D eigenvalue weighted by molar-refractivity contribution is 6.42. The Morgan fingerprint density at radius 1 is 1.00 bits per heavy atom. The maximum atomic E-state index is 9.26. The van der Waals surface area contributed by atoms with Gasteiger partial charge in [-0.3, -0.25) is 0 Å². The lowest BCUT2D eigenvalue weighted by atomic mass is 10.1. The predicted octanol–water partition coefficient (Wildman–Crippen LogP) is 5.16. The van der Waals surface area contributed by atoms with Crippen LogP contribution in [0, 0.1) is 11.3 Å². The molecule has 1 N–H and O–H groups in total. The number of halogens is 2. The Labute approximate surface area is 131 Å². The maximum Gasteiger partial charge on any atom is 0.132 e. The monoisotopic (exact) mass is 313 g/mol. The molecule has 0 saturated heterocycles. The van der Waals surface area contributed by atoms with Crippen LogP contribution in [0.3, 0.4) is 0 Å². The molecular formula is C16H9Cl2N3. The number of benzene rings is 2. The maximum absolute atomic E-state index is 9.26. The molecule has 3 nitrogen and oxygen atoms in total. The van der Waals surface area contributed by atoms with E-state index in [1.165, 1.54) is 0 Å². The van der Waals surface area contributed by atoms with Crippen molar-refractivity contribution < 1.29 is 0 Å². The number of nitrogens with one attached hydrogen (secondary N) is 1. The van der Waals surface area contributed by atoms with Gasteiger partial charge >= 0.3 is 0 Å². The quantitative estimate of drug-likeness (QED) is 0.711. The van der Waals surface area contributed by atoms with Gasteiger partial charge in [0.25, 0.3) is 0 Å². The fourth-order valence-corrected chi connectivity index (χ4v) is 2.35. The van der Waals surface area contributed by atoms with Crippen LogP contribution in [0.1, 0.15) is 5.56 Å². The van der Waals surface area contributed by atoms with Gasteiger partial charge in [0.1, 0.15) is 5.82 Å². The second-order valence-electron chi connectivity index (χ2n) is 4.44. The van der Waals surface area contributed by atoms with Crippen molar-refractivity contribution in [1.82, 2.24) is 4.98 Å². The molecule has 0 unspecified atom stereocenters. The van der Waals surface area contributed by atoms with Crippen molar-refractivity contribution >= 4 is 45.6 Å². The van der Waals surface area contributed by atoms with Crippen LogP contribution in [0.25, 0.3) is 10.9 Å². The summed E-state index contributed by atoms with van der Waals surface area (Å²) < 4.78 is 0. The van der Waals surface area contributed by atoms with E-state index in [9.17, 15) is 5.26 Å². The standard InChI is InChI=1S/C16H9Cl2N3/c17-13-6-5-11(8-14(13)18)20-16-7-10(9-19)12-3-1-2-4-15(12)21-16/h1-8H,(H,20,21). The second-order valence-corrected chi connectivity index (χ2v) is 5.25. The lowest BCUT2D eigenvalue weighted by Gasteiger charge is -2.09. The lowest BCUT2D eigenvalue weighted by Crippen LogP contribution is -1.95. The molecule has 0 atom stereocenters. The summed E-state index contributed by atoms with van der Waals surface area (Å²) in [6.45, 7) is 0. The number of nitrogens with zero attached hydrogens (tertiary/aromatic N) is 2. The first-order chi connectivity index (χ1) is 10.2. The van der Waals surface area contributed by atoms with Crippen LogP contribution in [0.5, 0.6) is 0 Å². The molecule has 0 amide bonds. The fraction of sp³-hybridized carbons (Fsp3) is 0. The zero-order valence-corrected chi connectivity index (χ0v) is 12.3. The van der Waals surface area contributed by atoms with Gasteiger partial charge in [-0.25, -0.2) is 4.98 Å². The summed E-state index contributed by atoms with van der Waals surface area (Å²) in [4.78, 5) is 4.49. The van der Waals surface area contributed by atoms with Crippen LogP contribution in [0.2, 0.25) is 10.0 Å². The summed E-state index contributed by atoms with van der Waals surface area (Å²) in [5.74, 6) is 0.587. The molecule has 102 valence electrons. The van der Waals surface area contributed by atoms with E-state index in [1.807, 2.05) is 24.3 Å². The summed E-state index contributed by atoms with van der Waals surface area (Å²) >= 11 is 11.9. The molecule has 5 heteroatoms. The Bertz CT molecular complexity index is 869. The first-order valence-corrected chi connectivity index (χ1v) is 6.95. The highest BCUT2D eigenvalue weighted by atomic mass is 35.5. The van der Waals surface area contributed by atoms with E-state index in [-0.39, 0.29) is 0 Å². The molecule has 1 aromatic heterocycles. The first-order valence-electron chi connectivity index (χ1n) is 6.19. The third-order valence-corrected chi connectivity index (χ3v) is 3.77. The Hall–Kier alpha value is -2.28.